The normalized spacial score (nSPS) is 14.7. The minimum Gasteiger partial charge on any atom is -0.378 e. The van der Waals surface area contributed by atoms with Gasteiger partial charge in [-0.3, -0.25) is 4.79 Å². The van der Waals surface area contributed by atoms with Gasteiger partial charge >= 0.3 is 0 Å². The molecule has 0 saturated carbocycles. The highest BCUT2D eigenvalue weighted by atomic mass is 32.2. The lowest BCUT2D eigenvalue weighted by atomic mass is 10.1. The van der Waals surface area contributed by atoms with Crippen molar-refractivity contribution >= 4 is 17.7 Å². The molecule has 0 N–H and O–H groups in total. The number of aryl methyl sites for hydroxylation is 1. The van der Waals surface area contributed by atoms with Crippen molar-refractivity contribution in [2.24, 2.45) is 0 Å². The Morgan fingerprint density at radius 3 is 2.65 bits per heavy atom. The molecule has 0 bridgehead atoms. The summed E-state index contributed by atoms with van der Waals surface area (Å²) in [6.45, 7) is 4.66. The van der Waals surface area contributed by atoms with Crippen LogP contribution in [0.2, 0.25) is 0 Å². The molecule has 120 valence electrons. The van der Waals surface area contributed by atoms with Crippen molar-refractivity contribution in [2.75, 3.05) is 32.1 Å². The molecule has 1 fully saturated rings. The van der Waals surface area contributed by atoms with Gasteiger partial charge in [-0.05, 0) is 24.6 Å². The molecule has 0 spiro atoms. The van der Waals surface area contributed by atoms with Crippen molar-refractivity contribution in [1.82, 2.24) is 15.1 Å². The molecule has 1 aromatic carbocycles. The second-order valence-corrected chi connectivity index (χ2v) is 6.35. The summed E-state index contributed by atoms with van der Waals surface area (Å²) in [6.07, 6.45) is 0. The zero-order chi connectivity index (χ0) is 16.1. The molecular formula is C17H19N3O2S. The number of ether oxygens (including phenoxy) is 1. The molecule has 3 rings (SSSR count). The lowest BCUT2D eigenvalue weighted by Gasteiger charge is -2.26. The number of thioether (sulfide) groups is 1. The SMILES string of the molecule is Cc1ccccc1-c1ccc(SCC(=O)N2CCOCC2)nn1. The Morgan fingerprint density at radius 1 is 1.17 bits per heavy atom. The van der Waals surface area contributed by atoms with E-state index in [2.05, 4.69) is 23.2 Å². The lowest BCUT2D eigenvalue weighted by Crippen LogP contribution is -2.41. The van der Waals surface area contributed by atoms with Gasteiger partial charge in [-0.15, -0.1) is 10.2 Å². The molecule has 0 radical (unpaired) electrons. The standard InChI is InChI=1S/C17H19N3O2S/c1-13-4-2-3-5-14(13)15-6-7-16(19-18-15)23-12-17(21)20-8-10-22-11-9-20/h2-7H,8-12H2,1H3. The maximum absolute atomic E-state index is 12.1. The fourth-order valence-electron chi connectivity index (χ4n) is 2.44. The van der Waals surface area contributed by atoms with Crippen LogP contribution >= 0.6 is 11.8 Å². The number of hydrogen-bond donors (Lipinski definition) is 0. The quantitative estimate of drug-likeness (QED) is 0.806. The van der Waals surface area contributed by atoms with Crippen LogP contribution in [0, 0.1) is 6.92 Å². The van der Waals surface area contributed by atoms with Gasteiger partial charge in [0.05, 0.1) is 24.7 Å². The van der Waals surface area contributed by atoms with E-state index in [4.69, 9.17) is 4.74 Å². The molecule has 0 aliphatic carbocycles. The molecule has 1 aromatic heterocycles. The smallest absolute Gasteiger partial charge is 0.233 e. The third-order valence-corrected chi connectivity index (χ3v) is 4.67. The lowest BCUT2D eigenvalue weighted by molar-refractivity contribution is -0.132. The second kappa shape index (κ2) is 7.57. The van der Waals surface area contributed by atoms with Gasteiger partial charge in [-0.1, -0.05) is 36.0 Å². The highest BCUT2D eigenvalue weighted by Crippen LogP contribution is 2.22. The maximum atomic E-state index is 12.1. The van der Waals surface area contributed by atoms with E-state index in [1.807, 2.05) is 35.2 Å². The molecule has 6 heteroatoms. The fraction of sp³-hybridized carbons (Fsp3) is 0.353. The first-order chi connectivity index (χ1) is 11.2. The first kappa shape index (κ1) is 16.0. The van der Waals surface area contributed by atoms with Crippen LogP contribution in [-0.4, -0.2) is 53.1 Å². The highest BCUT2D eigenvalue weighted by Gasteiger charge is 2.17. The zero-order valence-corrected chi connectivity index (χ0v) is 13.9. The van der Waals surface area contributed by atoms with Crippen molar-refractivity contribution in [3.8, 4) is 11.3 Å². The number of carbonyl (C=O) groups is 1. The van der Waals surface area contributed by atoms with E-state index in [0.717, 1.165) is 16.3 Å². The molecule has 1 aliphatic heterocycles. The Labute approximate surface area is 140 Å². The fourth-order valence-corrected chi connectivity index (χ4v) is 3.16. The number of rotatable bonds is 4. The molecule has 1 aliphatic rings. The third kappa shape index (κ3) is 4.09. The van der Waals surface area contributed by atoms with E-state index in [9.17, 15) is 4.79 Å². The average Bonchev–Trinajstić information content (AvgIpc) is 2.61. The van der Waals surface area contributed by atoms with Crippen LogP contribution in [0.3, 0.4) is 0 Å². The van der Waals surface area contributed by atoms with E-state index in [-0.39, 0.29) is 5.91 Å². The van der Waals surface area contributed by atoms with Crippen LogP contribution in [-0.2, 0) is 9.53 Å². The molecular weight excluding hydrogens is 310 g/mol. The number of amides is 1. The summed E-state index contributed by atoms with van der Waals surface area (Å²) in [5, 5.41) is 9.28. The summed E-state index contributed by atoms with van der Waals surface area (Å²) in [7, 11) is 0. The molecule has 2 heterocycles. The predicted molar refractivity (Wildman–Crippen MR) is 90.3 cm³/mol. The molecule has 1 saturated heterocycles. The topological polar surface area (TPSA) is 55.3 Å². The molecule has 5 nitrogen and oxygen atoms in total. The summed E-state index contributed by atoms with van der Waals surface area (Å²) in [5.74, 6) is 0.515. The third-order valence-electron chi connectivity index (χ3n) is 3.77. The van der Waals surface area contributed by atoms with Crippen LogP contribution in [0.15, 0.2) is 41.4 Å². The van der Waals surface area contributed by atoms with Crippen LogP contribution in [0.5, 0.6) is 0 Å². The Morgan fingerprint density at radius 2 is 1.96 bits per heavy atom. The van der Waals surface area contributed by atoms with Gasteiger partial charge < -0.3 is 9.64 Å². The molecule has 0 atom stereocenters. The Kier molecular flexibility index (Phi) is 5.25. The van der Waals surface area contributed by atoms with Crippen molar-refractivity contribution in [3.63, 3.8) is 0 Å². The number of aromatic nitrogens is 2. The first-order valence-corrected chi connectivity index (χ1v) is 8.60. The van der Waals surface area contributed by atoms with Gasteiger partial charge in [-0.25, -0.2) is 0 Å². The predicted octanol–water partition coefficient (Wildman–Crippen LogP) is 2.40. The first-order valence-electron chi connectivity index (χ1n) is 7.62. The molecule has 23 heavy (non-hydrogen) atoms. The average molecular weight is 329 g/mol. The number of hydrogen-bond acceptors (Lipinski definition) is 5. The molecule has 1 amide bonds. The summed E-state index contributed by atoms with van der Waals surface area (Å²) in [5.41, 5.74) is 3.11. The minimum absolute atomic E-state index is 0.128. The van der Waals surface area contributed by atoms with Gasteiger partial charge in [0.15, 0.2) is 0 Å². The van der Waals surface area contributed by atoms with Crippen molar-refractivity contribution in [3.05, 3.63) is 42.0 Å². The number of nitrogens with zero attached hydrogens (tertiary/aromatic N) is 3. The van der Waals surface area contributed by atoms with Crippen LogP contribution in [0.4, 0.5) is 0 Å². The zero-order valence-electron chi connectivity index (χ0n) is 13.1. The van der Waals surface area contributed by atoms with Gasteiger partial charge in [0.1, 0.15) is 5.03 Å². The Hall–Kier alpha value is -1.92. The van der Waals surface area contributed by atoms with Gasteiger partial charge in [-0.2, -0.15) is 0 Å². The van der Waals surface area contributed by atoms with Crippen molar-refractivity contribution in [1.29, 1.82) is 0 Å². The van der Waals surface area contributed by atoms with E-state index in [0.29, 0.717) is 32.1 Å². The van der Waals surface area contributed by atoms with Gasteiger partial charge in [0, 0.05) is 18.7 Å². The Balaban J connectivity index is 1.59. The van der Waals surface area contributed by atoms with Crippen LogP contribution in [0.25, 0.3) is 11.3 Å². The van der Waals surface area contributed by atoms with Gasteiger partial charge in [0.25, 0.3) is 0 Å². The molecule has 0 unspecified atom stereocenters. The largest absolute Gasteiger partial charge is 0.378 e. The maximum Gasteiger partial charge on any atom is 0.233 e. The summed E-state index contributed by atoms with van der Waals surface area (Å²) in [4.78, 5) is 13.9. The number of benzene rings is 1. The van der Waals surface area contributed by atoms with Crippen molar-refractivity contribution in [2.45, 2.75) is 11.9 Å². The monoisotopic (exact) mass is 329 g/mol. The van der Waals surface area contributed by atoms with E-state index in [1.54, 1.807) is 0 Å². The van der Waals surface area contributed by atoms with Crippen LogP contribution in [0.1, 0.15) is 5.56 Å². The van der Waals surface area contributed by atoms with E-state index >= 15 is 0 Å². The number of morpholine rings is 1. The summed E-state index contributed by atoms with van der Waals surface area (Å²) < 4.78 is 5.25. The summed E-state index contributed by atoms with van der Waals surface area (Å²) in [6, 6.07) is 12.0. The highest BCUT2D eigenvalue weighted by molar-refractivity contribution is 7.99. The second-order valence-electron chi connectivity index (χ2n) is 5.35. The minimum atomic E-state index is 0.128. The summed E-state index contributed by atoms with van der Waals surface area (Å²) >= 11 is 1.42. The number of carbonyl (C=O) groups excluding carboxylic acids is 1. The van der Waals surface area contributed by atoms with Crippen molar-refractivity contribution < 1.29 is 9.53 Å². The van der Waals surface area contributed by atoms with Gasteiger partial charge in [0.2, 0.25) is 5.91 Å². The van der Waals surface area contributed by atoms with E-state index in [1.165, 1.54) is 17.3 Å². The molecule has 2 aromatic rings. The Bertz CT molecular complexity index is 670. The van der Waals surface area contributed by atoms with E-state index < -0.39 is 0 Å². The van der Waals surface area contributed by atoms with Crippen LogP contribution < -0.4 is 0 Å².